The molecule has 4 aliphatic rings. The number of anilines is 1. The number of phenols is 1. The summed E-state index contributed by atoms with van der Waals surface area (Å²) in [6.45, 7) is 0. The molecule has 0 aromatic heterocycles. The van der Waals surface area contributed by atoms with Crippen molar-refractivity contribution >= 4 is 47.0 Å². The number of ether oxygens (including phenoxy) is 2. The van der Waals surface area contributed by atoms with E-state index >= 15 is 4.79 Å². The number of rotatable bonds is 4. The number of benzene rings is 3. The highest BCUT2D eigenvalue weighted by molar-refractivity contribution is 6.32. The van der Waals surface area contributed by atoms with Crippen LogP contribution in [0.25, 0.3) is 0 Å². The lowest BCUT2D eigenvalue weighted by Gasteiger charge is -2.50. The van der Waals surface area contributed by atoms with Crippen LogP contribution >= 0.6 is 11.6 Å². The summed E-state index contributed by atoms with van der Waals surface area (Å²) in [6.07, 6.45) is 1.02. The van der Waals surface area contributed by atoms with Crippen LogP contribution in [0.1, 0.15) is 29.9 Å². The van der Waals surface area contributed by atoms with Crippen LogP contribution in [-0.2, 0) is 29.3 Å². The zero-order chi connectivity index (χ0) is 32.5. The number of imide groups is 4. The molecule has 46 heavy (non-hydrogen) atoms. The predicted molar refractivity (Wildman–Crippen MR) is 165 cm³/mol. The fourth-order valence-electron chi connectivity index (χ4n) is 8.30. The zero-order valence-corrected chi connectivity index (χ0v) is 25.6. The van der Waals surface area contributed by atoms with Gasteiger partial charge in [-0.15, -0.1) is 0 Å². The van der Waals surface area contributed by atoms with Crippen molar-refractivity contribution in [3.05, 3.63) is 101 Å². The number of nitrogens with zero attached hydrogens (tertiary/aromatic N) is 2. The van der Waals surface area contributed by atoms with E-state index in [9.17, 15) is 24.3 Å². The molecule has 0 radical (unpaired) electrons. The van der Waals surface area contributed by atoms with Crippen LogP contribution in [0.4, 0.5) is 10.5 Å². The molecule has 234 valence electrons. The zero-order valence-electron chi connectivity index (χ0n) is 24.9. The normalized spacial score (nSPS) is 28.4. The quantitative estimate of drug-likeness (QED) is 0.312. The molecular formula is C35H29ClN2O8. The first-order valence-electron chi connectivity index (χ1n) is 14.9. The molecule has 1 N–H and O–H groups in total. The fourth-order valence-corrected chi connectivity index (χ4v) is 8.48. The molecule has 6 unspecified atom stereocenters. The Kier molecular flexibility index (Phi) is 7.01. The number of amides is 5. The number of hydrogen-bond acceptors (Lipinski definition) is 8. The van der Waals surface area contributed by atoms with Crippen LogP contribution in [0.5, 0.6) is 11.5 Å². The minimum Gasteiger partial charge on any atom is -0.508 e. The summed E-state index contributed by atoms with van der Waals surface area (Å²) < 4.78 is 10.5. The van der Waals surface area contributed by atoms with Gasteiger partial charge in [-0.05, 0) is 48.6 Å². The van der Waals surface area contributed by atoms with E-state index in [4.69, 9.17) is 21.1 Å². The third kappa shape index (κ3) is 3.99. The SMILES string of the molecule is COC(=O)N1C(=O)C2CC=C3C(CC4C(=O)N(c5cccc(Cl)c5)C(=O)C4(c4ccccc4)C3c3ccc(O)cc3OC)C2C1=O. The van der Waals surface area contributed by atoms with E-state index in [0.29, 0.717) is 32.3 Å². The number of carbonyl (C=O) groups excluding carboxylic acids is 5. The number of fused-ring (bicyclic) bond motifs is 4. The molecule has 1 saturated carbocycles. The van der Waals surface area contributed by atoms with Gasteiger partial charge in [0.15, 0.2) is 0 Å². The lowest BCUT2D eigenvalue weighted by Crippen LogP contribution is -2.53. The van der Waals surface area contributed by atoms with Gasteiger partial charge in [0.05, 0.1) is 43.1 Å². The van der Waals surface area contributed by atoms with Crippen LogP contribution in [0.3, 0.4) is 0 Å². The van der Waals surface area contributed by atoms with Gasteiger partial charge in [-0.25, -0.2) is 9.69 Å². The van der Waals surface area contributed by atoms with Crippen molar-refractivity contribution < 1.29 is 38.6 Å². The fraction of sp³-hybridized carbons (Fsp3) is 0.286. The first-order valence-corrected chi connectivity index (χ1v) is 15.2. The number of allylic oxidation sites excluding steroid dienone is 2. The number of aromatic hydroxyl groups is 1. The molecule has 0 spiro atoms. The highest BCUT2D eigenvalue weighted by Crippen LogP contribution is 2.65. The molecule has 7 rings (SSSR count). The Morgan fingerprint density at radius 3 is 2.37 bits per heavy atom. The number of halogens is 1. The summed E-state index contributed by atoms with van der Waals surface area (Å²) in [7, 11) is 2.55. The average Bonchev–Trinajstić information content (AvgIpc) is 3.45. The van der Waals surface area contributed by atoms with E-state index < -0.39 is 64.7 Å². The van der Waals surface area contributed by atoms with Crippen LogP contribution < -0.4 is 9.64 Å². The molecule has 5 amide bonds. The summed E-state index contributed by atoms with van der Waals surface area (Å²) in [5.41, 5.74) is 0.608. The molecule has 0 bridgehead atoms. The largest absolute Gasteiger partial charge is 0.508 e. The van der Waals surface area contributed by atoms with E-state index in [1.807, 2.05) is 24.3 Å². The Bertz CT molecular complexity index is 1860. The second-order valence-electron chi connectivity index (χ2n) is 12.0. The molecule has 6 atom stereocenters. The minimum atomic E-state index is -1.51. The topological polar surface area (TPSA) is 131 Å². The van der Waals surface area contributed by atoms with Gasteiger partial charge in [-0.3, -0.25) is 19.2 Å². The van der Waals surface area contributed by atoms with Crippen LogP contribution in [0, 0.1) is 23.7 Å². The number of carbonyl (C=O) groups is 5. The molecule has 2 aliphatic carbocycles. The van der Waals surface area contributed by atoms with Crippen LogP contribution in [0.15, 0.2) is 84.4 Å². The Morgan fingerprint density at radius 1 is 0.913 bits per heavy atom. The van der Waals surface area contributed by atoms with Gasteiger partial charge in [-0.2, -0.15) is 4.90 Å². The number of likely N-dealkylation sites (tertiary alicyclic amines) is 1. The molecule has 3 aromatic carbocycles. The molecule has 2 aliphatic heterocycles. The van der Waals surface area contributed by atoms with Crippen molar-refractivity contribution in [2.45, 2.75) is 24.2 Å². The average molecular weight is 641 g/mol. The van der Waals surface area contributed by atoms with Crippen molar-refractivity contribution in [1.29, 1.82) is 0 Å². The standard InChI is InChI=1S/C35H29ClN2O8/c1-45-27-16-21(39)11-12-23(27)29-22-13-14-24-28(32(42)38(30(24)40)34(44)46-2)25(22)17-26-31(41)37(20-10-6-9-19(36)15-20)33(43)35(26,29)18-7-4-3-5-8-18/h3-13,15-16,24-26,28-29,39H,14,17H2,1-2H3. The van der Waals surface area contributed by atoms with Gasteiger partial charge in [0.25, 0.3) is 0 Å². The third-order valence-electron chi connectivity index (χ3n) is 10.1. The summed E-state index contributed by atoms with van der Waals surface area (Å²) in [5.74, 6) is -6.35. The molecule has 2 heterocycles. The van der Waals surface area contributed by atoms with Gasteiger partial charge in [0, 0.05) is 22.6 Å². The highest BCUT2D eigenvalue weighted by Gasteiger charge is 2.70. The number of methoxy groups -OCH3 is 2. The second-order valence-corrected chi connectivity index (χ2v) is 12.4. The first kappa shape index (κ1) is 29.7. The van der Waals surface area contributed by atoms with Crippen molar-refractivity contribution in [3.63, 3.8) is 0 Å². The molecule has 10 nitrogen and oxygen atoms in total. The lowest BCUT2D eigenvalue weighted by atomic mass is 9.49. The Hall–Kier alpha value is -4.96. The summed E-state index contributed by atoms with van der Waals surface area (Å²) in [6, 6.07) is 20.2. The van der Waals surface area contributed by atoms with Crippen molar-refractivity contribution in [3.8, 4) is 11.5 Å². The highest BCUT2D eigenvalue weighted by atomic mass is 35.5. The van der Waals surface area contributed by atoms with E-state index in [-0.39, 0.29) is 24.3 Å². The Balaban J connectivity index is 1.51. The summed E-state index contributed by atoms with van der Waals surface area (Å²) in [4.78, 5) is 71.4. The van der Waals surface area contributed by atoms with Gasteiger partial charge in [0.2, 0.25) is 23.6 Å². The first-order chi connectivity index (χ1) is 22.1. The van der Waals surface area contributed by atoms with Crippen molar-refractivity contribution in [2.75, 3.05) is 19.1 Å². The molecule has 3 aromatic rings. The second kappa shape index (κ2) is 10.8. The van der Waals surface area contributed by atoms with Crippen LogP contribution in [-0.4, -0.2) is 53.9 Å². The maximum Gasteiger partial charge on any atom is 0.423 e. The number of phenolic OH excluding ortho intramolecular Hbond substituents is 1. The maximum atomic E-state index is 15.2. The van der Waals surface area contributed by atoms with Gasteiger partial charge in [0.1, 0.15) is 11.5 Å². The minimum absolute atomic E-state index is 0.0596. The van der Waals surface area contributed by atoms with Gasteiger partial charge < -0.3 is 14.6 Å². The van der Waals surface area contributed by atoms with E-state index in [2.05, 4.69) is 0 Å². The van der Waals surface area contributed by atoms with E-state index in [0.717, 1.165) is 7.11 Å². The van der Waals surface area contributed by atoms with Gasteiger partial charge >= 0.3 is 6.09 Å². The van der Waals surface area contributed by atoms with Crippen molar-refractivity contribution in [2.24, 2.45) is 23.7 Å². The summed E-state index contributed by atoms with van der Waals surface area (Å²) >= 11 is 6.33. The van der Waals surface area contributed by atoms with E-state index in [1.165, 1.54) is 24.1 Å². The third-order valence-corrected chi connectivity index (χ3v) is 10.3. The summed E-state index contributed by atoms with van der Waals surface area (Å²) in [5, 5.41) is 10.7. The molecular weight excluding hydrogens is 612 g/mol. The van der Waals surface area contributed by atoms with Gasteiger partial charge in [-0.1, -0.05) is 65.7 Å². The lowest BCUT2D eigenvalue weighted by molar-refractivity contribution is -0.138. The maximum absolute atomic E-state index is 15.2. The molecule has 11 heteroatoms. The number of hydrogen-bond donors (Lipinski definition) is 1. The molecule has 2 saturated heterocycles. The Morgan fingerprint density at radius 2 is 1.67 bits per heavy atom. The van der Waals surface area contributed by atoms with Crippen molar-refractivity contribution in [1.82, 2.24) is 4.90 Å². The Labute approximate surface area is 269 Å². The van der Waals surface area contributed by atoms with Crippen LogP contribution in [0.2, 0.25) is 5.02 Å². The predicted octanol–water partition coefficient (Wildman–Crippen LogP) is 4.98. The van der Waals surface area contributed by atoms with E-state index in [1.54, 1.807) is 42.5 Å². The monoisotopic (exact) mass is 640 g/mol. The molecule has 3 fully saturated rings. The smallest absolute Gasteiger partial charge is 0.423 e.